The molecular formula is C18H14F3N5O3. The van der Waals surface area contributed by atoms with Gasteiger partial charge in [-0.1, -0.05) is 30.3 Å². The third kappa shape index (κ3) is 3.18. The maximum Gasteiger partial charge on any atom is 0.433 e. The van der Waals surface area contributed by atoms with E-state index in [1.54, 1.807) is 18.2 Å². The molecule has 0 bridgehead atoms. The number of hydrogen-bond donors (Lipinski definition) is 1. The molecule has 29 heavy (non-hydrogen) atoms. The fourth-order valence-electron chi connectivity index (χ4n) is 3.04. The van der Waals surface area contributed by atoms with Crippen LogP contribution < -0.4 is 5.56 Å². The number of ether oxygens (including phenoxy) is 1. The smallest absolute Gasteiger partial charge is 0.418 e. The van der Waals surface area contributed by atoms with Crippen molar-refractivity contribution < 1.29 is 22.3 Å². The lowest BCUT2D eigenvalue weighted by atomic mass is 10.1. The number of nitrogens with one attached hydrogen (secondary N) is 1. The lowest BCUT2D eigenvalue weighted by molar-refractivity contribution is -0.140. The van der Waals surface area contributed by atoms with Gasteiger partial charge in [-0.15, -0.1) is 10.2 Å². The molecule has 4 rings (SSSR count). The number of nitrogens with zero attached hydrogens (tertiary/aromatic N) is 4. The van der Waals surface area contributed by atoms with Crippen LogP contribution in [0.25, 0.3) is 28.2 Å². The van der Waals surface area contributed by atoms with Crippen LogP contribution in [0, 0.1) is 6.92 Å². The van der Waals surface area contributed by atoms with Crippen LogP contribution in [0.1, 0.15) is 17.3 Å². The molecule has 3 heterocycles. The van der Waals surface area contributed by atoms with Gasteiger partial charge in [0.2, 0.25) is 5.89 Å². The molecule has 0 aliphatic carbocycles. The van der Waals surface area contributed by atoms with Crippen molar-refractivity contribution in [3.63, 3.8) is 0 Å². The second kappa shape index (κ2) is 6.85. The van der Waals surface area contributed by atoms with E-state index in [2.05, 4.69) is 20.3 Å². The van der Waals surface area contributed by atoms with Gasteiger partial charge in [0.15, 0.2) is 5.65 Å². The zero-order valence-corrected chi connectivity index (χ0v) is 15.2. The molecule has 0 unspecified atom stereocenters. The van der Waals surface area contributed by atoms with Crippen molar-refractivity contribution in [2.24, 2.45) is 0 Å². The molecular weight excluding hydrogens is 391 g/mol. The number of methoxy groups -OCH3 is 1. The molecule has 0 aliphatic rings. The molecule has 0 atom stereocenters. The number of hydrogen-bond acceptors (Lipinski definition) is 6. The number of aromatic nitrogens is 5. The SMILES string of the molecule is COCc1nnc(-c2c(C)nc3c(-c4ccccc4)c(C(F)(F)F)[nH]n3c2=O)o1. The van der Waals surface area contributed by atoms with E-state index in [1.165, 1.54) is 26.2 Å². The molecule has 0 radical (unpaired) electrons. The topological polar surface area (TPSA) is 98.3 Å². The van der Waals surface area contributed by atoms with Crippen LogP contribution in [-0.4, -0.2) is 31.9 Å². The van der Waals surface area contributed by atoms with E-state index >= 15 is 0 Å². The number of fused-ring (bicyclic) bond motifs is 1. The monoisotopic (exact) mass is 405 g/mol. The van der Waals surface area contributed by atoms with Gasteiger partial charge in [-0.3, -0.25) is 9.89 Å². The van der Waals surface area contributed by atoms with Crippen LogP contribution in [0.4, 0.5) is 13.2 Å². The van der Waals surface area contributed by atoms with Gasteiger partial charge in [0.05, 0.1) is 11.3 Å². The Kier molecular flexibility index (Phi) is 4.46. The van der Waals surface area contributed by atoms with Crippen LogP contribution in [-0.2, 0) is 17.5 Å². The number of benzene rings is 1. The van der Waals surface area contributed by atoms with E-state index in [0.29, 0.717) is 0 Å². The first-order valence-electron chi connectivity index (χ1n) is 8.41. The minimum absolute atomic E-state index is 0.0297. The second-order valence-electron chi connectivity index (χ2n) is 6.20. The number of aromatic amines is 1. The molecule has 1 aromatic carbocycles. The Balaban J connectivity index is 2.02. The summed E-state index contributed by atoms with van der Waals surface area (Å²) >= 11 is 0. The number of halogens is 3. The van der Waals surface area contributed by atoms with Crippen molar-refractivity contribution in [1.82, 2.24) is 24.8 Å². The average Bonchev–Trinajstić information content (AvgIpc) is 3.27. The van der Waals surface area contributed by atoms with Crippen molar-refractivity contribution in [1.29, 1.82) is 0 Å². The second-order valence-corrected chi connectivity index (χ2v) is 6.20. The van der Waals surface area contributed by atoms with Crippen molar-refractivity contribution in [3.8, 4) is 22.6 Å². The van der Waals surface area contributed by atoms with Crippen LogP contribution in [0.15, 0.2) is 39.5 Å². The first-order chi connectivity index (χ1) is 13.8. The Hall–Kier alpha value is -3.47. The van der Waals surface area contributed by atoms with Crippen molar-refractivity contribution in [3.05, 3.63) is 58.0 Å². The molecule has 11 heteroatoms. The highest BCUT2D eigenvalue weighted by molar-refractivity contribution is 5.81. The van der Waals surface area contributed by atoms with Gasteiger partial charge in [-0.05, 0) is 12.5 Å². The fourth-order valence-corrected chi connectivity index (χ4v) is 3.04. The largest absolute Gasteiger partial charge is 0.433 e. The molecule has 0 saturated heterocycles. The predicted molar refractivity (Wildman–Crippen MR) is 95.0 cm³/mol. The summed E-state index contributed by atoms with van der Waals surface area (Å²) in [6.07, 6.45) is -4.73. The fraction of sp³-hybridized carbons (Fsp3) is 0.222. The van der Waals surface area contributed by atoms with E-state index in [4.69, 9.17) is 9.15 Å². The summed E-state index contributed by atoms with van der Waals surface area (Å²) in [5.74, 6) is -0.0234. The summed E-state index contributed by atoms with van der Waals surface area (Å²) in [6, 6.07) is 7.93. The van der Waals surface area contributed by atoms with Crippen LogP contribution in [0.3, 0.4) is 0 Å². The molecule has 1 N–H and O–H groups in total. The highest BCUT2D eigenvalue weighted by atomic mass is 19.4. The summed E-state index contributed by atoms with van der Waals surface area (Å²) < 4.78 is 52.1. The van der Waals surface area contributed by atoms with Gasteiger partial charge in [0, 0.05) is 7.11 Å². The molecule has 3 aromatic heterocycles. The third-order valence-electron chi connectivity index (χ3n) is 4.26. The third-order valence-corrected chi connectivity index (χ3v) is 4.26. The maximum absolute atomic E-state index is 13.7. The zero-order chi connectivity index (χ0) is 20.8. The first-order valence-corrected chi connectivity index (χ1v) is 8.41. The number of aryl methyl sites for hydroxylation is 1. The summed E-state index contributed by atoms with van der Waals surface area (Å²) in [5, 5.41) is 9.67. The van der Waals surface area contributed by atoms with Crippen molar-refractivity contribution in [2.75, 3.05) is 7.11 Å². The number of rotatable bonds is 4. The van der Waals surface area contributed by atoms with Crippen LogP contribution in [0.5, 0.6) is 0 Å². The van der Waals surface area contributed by atoms with Crippen molar-refractivity contribution in [2.45, 2.75) is 19.7 Å². The Bertz CT molecular complexity index is 1240. The molecule has 4 aromatic rings. The van der Waals surface area contributed by atoms with E-state index in [1.807, 2.05) is 0 Å². The number of alkyl halides is 3. The summed E-state index contributed by atoms with van der Waals surface area (Å²) in [7, 11) is 1.43. The van der Waals surface area contributed by atoms with E-state index in [-0.39, 0.29) is 46.4 Å². The Labute approximate surface area is 161 Å². The zero-order valence-electron chi connectivity index (χ0n) is 15.2. The Morgan fingerprint density at radius 3 is 2.55 bits per heavy atom. The van der Waals surface area contributed by atoms with Crippen LogP contribution >= 0.6 is 0 Å². The van der Waals surface area contributed by atoms with Crippen molar-refractivity contribution >= 4 is 5.65 Å². The number of H-pyrrole nitrogens is 1. The van der Waals surface area contributed by atoms with E-state index in [0.717, 1.165) is 4.52 Å². The normalized spacial score (nSPS) is 12.0. The molecule has 0 saturated carbocycles. The van der Waals surface area contributed by atoms with E-state index < -0.39 is 17.4 Å². The van der Waals surface area contributed by atoms with Gasteiger partial charge in [0.1, 0.15) is 17.9 Å². The minimum atomic E-state index is -4.73. The molecule has 0 aliphatic heterocycles. The summed E-state index contributed by atoms with van der Waals surface area (Å²) in [5.41, 5.74) is -1.87. The molecule has 0 amide bonds. The molecule has 0 fully saturated rings. The Morgan fingerprint density at radius 1 is 1.17 bits per heavy atom. The highest BCUT2D eigenvalue weighted by Gasteiger charge is 2.38. The van der Waals surface area contributed by atoms with E-state index in [9.17, 15) is 18.0 Å². The maximum atomic E-state index is 13.7. The average molecular weight is 405 g/mol. The van der Waals surface area contributed by atoms with Gasteiger partial charge in [-0.2, -0.15) is 17.7 Å². The van der Waals surface area contributed by atoms with Gasteiger partial charge < -0.3 is 9.15 Å². The molecule has 8 nitrogen and oxygen atoms in total. The lowest BCUT2D eigenvalue weighted by Crippen LogP contribution is -2.20. The first kappa shape index (κ1) is 18.9. The molecule has 150 valence electrons. The summed E-state index contributed by atoms with van der Waals surface area (Å²) in [6.45, 7) is 1.52. The predicted octanol–water partition coefficient (Wildman–Crippen LogP) is 3.21. The Morgan fingerprint density at radius 2 is 1.90 bits per heavy atom. The van der Waals surface area contributed by atoms with Gasteiger partial charge in [0.25, 0.3) is 11.4 Å². The highest BCUT2D eigenvalue weighted by Crippen LogP contribution is 2.38. The summed E-state index contributed by atoms with van der Waals surface area (Å²) in [4.78, 5) is 17.3. The standard InChI is InChI=1S/C18H14F3N5O3/c1-9-12(16-24-23-11(29-16)8-28-2)17(27)26-15(22-9)13(10-6-4-3-5-7-10)14(25-26)18(19,20)21/h3-7,25H,8H2,1-2H3. The quantitative estimate of drug-likeness (QED) is 0.560. The minimum Gasteiger partial charge on any atom is -0.418 e. The van der Waals surface area contributed by atoms with Gasteiger partial charge in [-0.25, -0.2) is 4.98 Å². The lowest BCUT2D eigenvalue weighted by Gasteiger charge is -2.07. The van der Waals surface area contributed by atoms with Gasteiger partial charge >= 0.3 is 6.18 Å². The van der Waals surface area contributed by atoms with Crippen LogP contribution in [0.2, 0.25) is 0 Å². The molecule has 0 spiro atoms.